The smallest absolute Gasteiger partial charge is 0.285 e. The maximum atomic E-state index is 13.5. The number of nitrogens with zero attached hydrogens (tertiary/aromatic N) is 6. The number of benzene rings is 1. The van der Waals surface area contributed by atoms with E-state index in [0.717, 1.165) is 21.4 Å². The first-order chi connectivity index (χ1) is 17.3. The van der Waals surface area contributed by atoms with Gasteiger partial charge in [0.15, 0.2) is 17.0 Å². The van der Waals surface area contributed by atoms with Gasteiger partial charge in [-0.2, -0.15) is 0 Å². The zero-order valence-corrected chi connectivity index (χ0v) is 21.4. The van der Waals surface area contributed by atoms with Crippen LogP contribution in [0.3, 0.4) is 0 Å². The monoisotopic (exact) mass is 539 g/mol. The minimum Gasteiger partial charge on any atom is -0.285 e. The lowest BCUT2D eigenvalue weighted by atomic mass is 10.2. The Hall–Kier alpha value is -3.44. The average Bonchev–Trinajstić information content (AvgIpc) is 3.28. The highest BCUT2D eigenvalue weighted by molar-refractivity contribution is 7.97. The molecule has 1 atom stereocenters. The summed E-state index contributed by atoms with van der Waals surface area (Å²) in [5.74, 6) is 0.310. The fourth-order valence-corrected chi connectivity index (χ4v) is 4.60. The molecule has 0 amide bonds. The number of aromatic nitrogens is 6. The van der Waals surface area contributed by atoms with E-state index in [1.54, 1.807) is 59.4 Å². The zero-order chi connectivity index (χ0) is 25.6. The third-order valence-corrected chi connectivity index (χ3v) is 6.92. The molecule has 5 rings (SSSR count). The second-order valence-corrected chi connectivity index (χ2v) is 9.53. The molecule has 0 aliphatic rings. The van der Waals surface area contributed by atoms with Gasteiger partial charge in [0, 0.05) is 35.0 Å². The predicted molar refractivity (Wildman–Crippen MR) is 142 cm³/mol. The molecule has 0 saturated heterocycles. The molecule has 4 heterocycles. The van der Waals surface area contributed by atoms with Crippen molar-refractivity contribution in [1.82, 2.24) is 28.7 Å². The number of rotatable bonds is 5. The summed E-state index contributed by atoms with van der Waals surface area (Å²) in [6, 6.07) is 13.4. The van der Waals surface area contributed by atoms with E-state index in [-0.39, 0.29) is 11.2 Å². The Morgan fingerprint density at radius 1 is 1.03 bits per heavy atom. The van der Waals surface area contributed by atoms with E-state index >= 15 is 0 Å². The maximum Gasteiger partial charge on any atom is 0.333 e. The molecule has 0 fully saturated rings. The number of nitrogens with two attached hydrogens (primary N) is 1. The van der Waals surface area contributed by atoms with Crippen molar-refractivity contribution >= 4 is 46.3 Å². The fourth-order valence-electron chi connectivity index (χ4n) is 4.01. The Bertz CT molecular complexity index is 1710. The van der Waals surface area contributed by atoms with Crippen LogP contribution in [0.5, 0.6) is 0 Å². The second kappa shape index (κ2) is 9.55. The third-order valence-electron chi connectivity index (χ3n) is 5.85. The third kappa shape index (κ3) is 4.01. The molecule has 0 unspecified atom stereocenters. The maximum absolute atomic E-state index is 13.5. The lowest BCUT2D eigenvalue weighted by Gasteiger charge is -2.17. The molecule has 182 valence electrons. The number of imidazole rings is 1. The summed E-state index contributed by atoms with van der Waals surface area (Å²) >= 11 is 13.7. The molecule has 0 bridgehead atoms. The van der Waals surface area contributed by atoms with Crippen molar-refractivity contribution in [2.75, 3.05) is 0 Å². The van der Waals surface area contributed by atoms with Crippen molar-refractivity contribution in [1.29, 1.82) is 0 Å². The molecule has 0 aliphatic heterocycles. The van der Waals surface area contributed by atoms with E-state index in [0.29, 0.717) is 32.9 Å². The van der Waals surface area contributed by atoms with Crippen LogP contribution < -0.4 is 16.4 Å². The molecule has 0 radical (unpaired) electrons. The number of hydrogen-bond acceptors (Lipinski definition) is 7. The van der Waals surface area contributed by atoms with Crippen molar-refractivity contribution in [3.05, 3.63) is 97.5 Å². The van der Waals surface area contributed by atoms with E-state index < -0.39 is 17.3 Å². The van der Waals surface area contributed by atoms with Crippen LogP contribution in [0, 0.1) is 0 Å². The molecule has 12 heteroatoms. The lowest BCUT2D eigenvalue weighted by Crippen LogP contribution is -2.40. The van der Waals surface area contributed by atoms with E-state index in [2.05, 4.69) is 9.97 Å². The summed E-state index contributed by atoms with van der Waals surface area (Å²) in [5.41, 5.74) is 0.907. The Morgan fingerprint density at radius 3 is 2.42 bits per heavy atom. The van der Waals surface area contributed by atoms with Gasteiger partial charge in [-0.25, -0.2) is 9.78 Å². The quantitative estimate of drug-likeness (QED) is 0.332. The predicted octanol–water partition coefficient (Wildman–Crippen LogP) is 4.22. The Kier molecular flexibility index (Phi) is 6.44. The lowest BCUT2D eigenvalue weighted by molar-refractivity contribution is 0.567. The van der Waals surface area contributed by atoms with Gasteiger partial charge in [-0.05, 0) is 67.4 Å². The summed E-state index contributed by atoms with van der Waals surface area (Å²) in [6.07, 6.45) is 3.22. The van der Waals surface area contributed by atoms with Gasteiger partial charge in [0.2, 0.25) is 0 Å². The van der Waals surface area contributed by atoms with Crippen molar-refractivity contribution in [2.24, 2.45) is 12.2 Å². The van der Waals surface area contributed by atoms with Gasteiger partial charge >= 0.3 is 5.69 Å². The molecule has 36 heavy (non-hydrogen) atoms. The van der Waals surface area contributed by atoms with E-state index in [4.69, 9.17) is 33.3 Å². The zero-order valence-electron chi connectivity index (χ0n) is 19.1. The van der Waals surface area contributed by atoms with Crippen molar-refractivity contribution < 1.29 is 0 Å². The summed E-state index contributed by atoms with van der Waals surface area (Å²) < 4.78 is 4.15. The van der Waals surface area contributed by atoms with Gasteiger partial charge in [0.25, 0.3) is 5.56 Å². The van der Waals surface area contributed by atoms with Crippen LogP contribution in [0.25, 0.3) is 28.4 Å². The molecule has 0 saturated carbocycles. The molecule has 1 aromatic carbocycles. The first kappa shape index (κ1) is 24.3. The van der Waals surface area contributed by atoms with Crippen molar-refractivity contribution in [2.45, 2.75) is 17.9 Å². The summed E-state index contributed by atoms with van der Waals surface area (Å²) in [5, 5.41) is 6.50. The van der Waals surface area contributed by atoms with Gasteiger partial charge in [0.1, 0.15) is 5.69 Å². The average molecular weight is 540 g/mol. The normalized spacial score (nSPS) is 12.2. The van der Waals surface area contributed by atoms with Crippen LogP contribution in [-0.4, -0.2) is 28.7 Å². The van der Waals surface area contributed by atoms with Gasteiger partial charge in [-0.1, -0.05) is 23.2 Å². The van der Waals surface area contributed by atoms with Gasteiger partial charge in [0.05, 0.1) is 16.8 Å². The number of pyridine rings is 2. The van der Waals surface area contributed by atoms with Crippen LogP contribution >= 0.6 is 35.1 Å². The first-order valence-corrected chi connectivity index (χ1v) is 12.4. The van der Waals surface area contributed by atoms with Crippen LogP contribution in [0.15, 0.2) is 75.4 Å². The van der Waals surface area contributed by atoms with Crippen LogP contribution in [-0.2, 0) is 7.05 Å². The minimum atomic E-state index is -0.552. The Morgan fingerprint density at radius 2 is 1.78 bits per heavy atom. The van der Waals surface area contributed by atoms with Crippen LogP contribution in [0.2, 0.25) is 10.0 Å². The van der Waals surface area contributed by atoms with E-state index in [1.807, 2.05) is 13.0 Å². The fraction of sp³-hybridized carbons (Fsp3) is 0.125. The SMILES string of the molecule is C[C@@H](c1ccc(SN)cn1)n1c(=O)n(C)c(=O)c2c1nc(-c1ncccc1Cl)n2-c1ccc(Cl)cc1. The van der Waals surface area contributed by atoms with Crippen LogP contribution in [0.1, 0.15) is 18.7 Å². The summed E-state index contributed by atoms with van der Waals surface area (Å²) in [4.78, 5) is 41.3. The minimum absolute atomic E-state index is 0.182. The molecule has 5 aromatic rings. The number of halogens is 2. The van der Waals surface area contributed by atoms with E-state index in [9.17, 15) is 9.59 Å². The molecule has 0 aliphatic carbocycles. The Labute approximate surface area is 219 Å². The first-order valence-electron chi connectivity index (χ1n) is 10.7. The molecule has 0 spiro atoms. The largest absolute Gasteiger partial charge is 0.333 e. The number of hydrogen-bond donors (Lipinski definition) is 1. The van der Waals surface area contributed by atoms with E-state index in [1.165, 1.54) is 11.6 Å². The van der Waals surface area contributed by atoms with Crippen molar-refractivity contribution in [3.63, 3.8) is 0 Å². The standard InChI is InChI=1S/C24H19Cl2N7O2S/c1-13(18-10-9-16(36-27)12-29-18)32-22-20(23(34)31(2)24(32)35)33(15-7-5-14(25)6-8-15)21(30-22)19-17(26)4-3-11-28-19/h3-13H,27H2,1-2H3/t13-/m0/s1. The highest BCUT2D eigenvalue weighted by Gasteiger charge is 2.26. The second-order valence-electron chi connectivity index (χ2n) is 7.98. The molecule has 4 aromatic heterocycles. The van der Waals surface area contributed by atoms with Gasteiger partial charge in [-0.15, -0.1) is 0 Å². The summed E-state index contributed by atoms with van der Waals surface area (Å²) in [6.45, 7) is 1.82. The summed E-state index contributed by atoms with van der Waals surface area (Å²) in [7, 11) is 1.43. The number of fused-ring (bicyclic) bond motifs is 1. The molecular weight excluding hydrogens is 521 g/mol. The van der Waals surface area contributed by atoms with Crippen molar-refractivity contribution in [3.8, 4) is 17.2 Å². The molecular formula is C24H19Cl2N7O2S. The van der Waals surface area contributed by atoms with Gasteiger partial charge in [-0.3, -0.25) is 33.6 Å². The molecule has 9 nitrogen and oxygen atoms in total. The van der Waals surface area contributed by atoms with Crippen LogP contribution in [0.4, 0.5) is 0 Å². The highest BCUT2D eigenvalue weighted by atomic mass is 35.5. The topological polar surface area (TPSA) is 114 Å². The van der Waals surface area contributed by atoms with Gasteiger partial charge < -0.3 is 0 Å². The Balaban J connectivity index is 1.89. The highest BCUT2D eigenvalue weighted by Crippen LogP contribution is 2.31. The molecule has 2 N–H and O–H groups in total.